The van der Waals surface area contributed by atoms with Crippen LogP contribution in [0.1, 0.15) is 11.1 Å². The summed E-state index contributed by atoms with van der Waals surface area (Å²) in [5, 5.41) is 12.1. The second-order valence-corrected chi connectivity index (χ2v) is 5.15. The third kappa shape index (κ3) is 4.92. The average Bonchev–Trinajstić information content (AvgIpc) is 2.54. The lowest BCUT2D eigenvalue weighted by Gasteiger charge is -2.11. The molecule has 120 valence electrons. The van der Waals surface area contributed by atoms with Crippen LogP contribution in [-0.4, -0.2) is 17.4 Å². The second-order valence-electron chi connectivity index (χ2n) is 4.31. The van der Waals surface area contributed by atoms with Crippen molar-refractivity contribution in [3.63, 3.8) is 0 Å². The van der Waals surface area contributed by atoms with Gasteiger partial charge in [-0.2, -0.15) is 0 Å². The molecule has 23 heavy (non-hydrogen) atoms. The zero-order valence-electron chi connectivity index (χ0n) is 11.7. The summed E-state index contributed by atoms with van der Waals surface area (Å²) in [5.41, 5.74) is 3.42. The van der Waals surface area contributed by atoms with E-state index in [1.807, 2.05) is 0 Å². The molecule has 8 heteroatoms. The molecule has 2 rings (SSSR count). The van der Waals surface area contributed by atoms with Gasteiger partial charge in [-0.3, -0.25) is 4.84 Å². The largest absolute Gasteiger partial charge is 0.410 e. The van der Waals surface area contributed by atoms with E-state index in [0.29, 0.717) is 10.6 Å². The Hall–Kier alpha value is -2.15. The lowest BCUT2D eigenvalue weighted by molar-refractivity contribution is 0.0698. The van der Waals surface area contributed by atoms with Crippen LogP contribution in [0.5, 0.6) is 0 Å². The first-order chi connectivity index (χ1) is 11.1. The normalized spacial score (nSPS) is 11.9. The fourth-order valence-corrected chi connectivity index (χ4v) is 2.04. The number of amidine groups is 1. The number of hydrogen-bond donors (Lipinski definition) is 2. The SMILES string of the molecule is O/N=C/N=C(NOCc1c(F)cccc1Cl)c1ccc(Cl)cc1. The molecule has 0 aliphatic rings. The van der Waals surface area contributed by atoms with E-state index in [-0.39, 0.29) is 23.0 Å². The van der Waals surface area contributed by atoms with Crippen molar-refractivity contribution in [3.8, 4) is 0 Å². The van der Waals surface area contributed by atoms with Crippen molar-refractivity contribution in [3.05, 3.63) is 69.5 Å². The highest BCUT2D eigenvalue weighted by Gasteiger charge is 2.08. The second kappa shape index (κ2) is 8.47. The number of aliphatic imine (C=N–C) groups is 1. The van der Waals surface area contributed by atoms with Gasteiger partial charge in [0, 0.05) is 21.2 Å². The van der Waals surface area contributed by atoms with Crippen LogP contribution < -0.4 is 5.48 Å². The number of halogens is 3. The maximum Gasteiger partial charge on any atom is 0.158 e. The number of oxime groups is 1. The molecular formula is C15H12Cl2FN3O2. The predicted molar refractivity (Wildman–Crippen MR) is 87.6 cm³/mol. The van der Waals surface area contributed by atoms with E-state index in [9.17, 15) is 4.39 Å². The van der Waals surface area contributed by atoms with E-state index in [1.165, 1.54) is 12.1 Å². The number of nitrogens with zero attached hydrogens (tertiary/aromatic N) is 2. The molecule has 0 aliphatic heterocycles. The van der Waals surface area contributed by atoms with Crippen molar-refractivity contribution < 1.29 is 14.4 Å². The van der Waals surface area contributed by atoms with E-state index >= 15 is 0 Å². The Kier molecular flexibility index (Phi) is 6.34. The van der Waals surface area contributed by atoms with Crippen LogP contribution in [0.25, 0.3) is 0 Å². The maximum absolute atomic E-state index is 13.7. The number of benzene rings is 2. The lowest BCUT2D eigenvalue weighted by Crippen LogP contribution is -2.25. The monoisotopic (exact) mass is 355 g/mol. The van der Waals surface area contributed by atoms with Crippen LogP contribution in [0.15, 0.2) is 52.6 Å². The van der Waals surface area contributed by atoms with Gasteiger partial charge in [0.15, 0.2) is 12.2 Å². The highest BCUT2D eigenvalue weighted by molar-refractivity contribution is 6.31. The van der Waals surface area contributed by atoms with Crippen LogP contribution in [0.4, 0.5) is 4.39 Å². The van der Waals surface area contributed by atoms with Gasteiger partial charge in [-0.05, 0) is 36.4 Å². The van der Waals surface area contributed by atoms with Gasteiger partial charge in [0.25, 0.3) is 0 Å². The number of rotatable bonds is 5. The third-order valence-corrected chi connectivity index (χ3v) is 3.41. The lowest BCUT2D eigenvalue weighted by atomic mass is 10.2. The third-order valence-electron chi connectivity index (χ3n) is 2.80. The van der Waals surface area contributed by atoms with Gasteiger partial charge in [0.2, 0.25) is 0 Å². The Balaban J connectivity index is 2.09. The van der Waals surface area contributed by atoms with E-state index < -0.39 is 5.82 Å². The zero-order valence-corrected chi connectivity index (χ0v) is 13.2. The molecule has 0 aromatic heterocycles. The molecule has 0 atom stereocenters. The molecule has 2 aromatic carbocycles. The van der Waals surface area contributed by atoms with Crippen LogP contribution in [0.2, 0.25) is 10.0 Å². The minimum absolute atomic E-state index is 0.117. The van der Waals surface area contributed by atoms with Crippen LogP contribution in [0.3, 0.4) is 0 Å². The molecule has 0 amide bonds. The fourth-order valence-electron chi connectivity index (χ4n) is 1.70. The summed E-state index contributed by atoms with van der Waals surface area (Å²) in [6.45, 7) is -0.117. The minimum Gasteiger partial charge on any atom is -0.410 e. The van der Waals surface area contributed by atoms with Gasteiger partial charge < -0.3 is 5.21 Å². The van der Waals surface area contributed by atoms with Gasteiger partial charge in [0.1, 0.15) is 12.4 Å². The summed E-state index contributed by atoms with van der Waals surface area (Å²) in [6.07, 6.45) is 0.927. The standard InChI is InChI=1S/C15H12Cl2FN3O2/c16-11-6-4-10(5-7-11)15(19-9-20-22)21-23-8-12-13(17)2-1-3-14(12)18/h1-7,9,22H,8H2,(H,19,20,21). The number of nitrogens with one attached hydrogen (secondary N) is 1. The summed E-state index contributed by atoms with van der Waals surface area (Å²) in [7, 11) is 0. The Labute approximate surface area is 142 Å². The van der Waals surface area contributed by atoms with Crippen molar-refractivity contribution in [2.45, 2.75) is 6.61 Å². The fraction of sp³-hybridized carbons (Fsp3) is 0.0667. The van der Waals surface area contributed by atoms with Crippen molar-refractivity contribution in [2.24, 2.45) is 10.1 Å². The molecule has 0 aliphatic carbocycles. The predicted octanol–water partition coefficient (Wildman–Crippen LogP) is 4.02. The summed E-state index contributed by atoms with van der Waals surface area (Å²) < 4.78 is 13.7. The molecule has 5 nitrogen and oxygen atoms in total. The summed E-state index contributed by atoms with van der Waals surface area (Å²) in [6, 6.07) is 11.1. The highest BCUT2D eigenvalue weighted by atomic mass is 35.5. The smallest absolute Gasteiger partial charge is 0.158 e. The Morgan fingerprint density at radius 2 is 1.96 bits per heavy atom. The van der Waals surface area contributed by atoms with Gasteiger partial charge in [-0.25, -0.2) is 14.9 Å². The Morgan fingerprint density at radius 1 is 1.22 bits per heavy atom. The molecule has 2 N–H and O–H groups in total. The topological polar surface area (TPSA) is 66.2 Å². The van der Waals surface area contributed by atoms with Crippen molar-refractivity contribution in [1.29, 1.82) is 0 Å². The summed E-state index contributed by atoms with van der Waals surface area (Å²) >= 11 is 11.7. The van der Waals surface area contributed by atoms with E-state index in [0.717, 1.165) is 6.34 Å². The van der Waals surface area contributed by atoms with Gasteiger partial charge in [-0.15, -0.1) is 0 Å². The van der Waals surface area contributed by atoms with Crippen LogP contribution in [-0.2, 0) is 11.4 Å². The molecular weight excluding hydrogens is 344 g/mol. The van der Waals surface area contributed by atoms with E-state index in [4.69, 9.17) is 33.2 Å². The van der Waals surface area contributed by atoms with E-state index in [1.54, 1.807) is 30.3 Å². The molecule has 2 aromatic rings. The van der Waals surface area contributed by atoms with Crippen LogP contribution >= 0.6 is 23.2 Å². The molecule has 0 bridgehead atoms. The summed E-state index contributed by atoms with van der Waals surface area (Å²) in [5.74, 6) is -0.215. The first kappa shape index (κ1) is 17.2. The van der Waals surface area contributed by atoms with Gasteiger partial charge >= 0.3 is 0 Å². The molecule has 0 radical (unpaired) electrons. The maximum atomic E-state index is 13.7. The first-order valence-corrected chi connectivity index (χ1v) is 7.17. The molecule has 0 spiro atoms. The Morgan fingerprint density at radius 3 is 2.61 bits per heavy atom. The van der Waals surface area contributed by atoms with Crippen molar-refractivity contribution in [1.82, 2.24) is 5.48 Å². The highest BCUT2D eigenvalue weighted by Crippen LogP contribution is 2.19. The Bertz CT molecular complexity index is 701. The van der Waals surface area contributed by atoms with E-state index in [2.05, 4.69) is 15.6 Å². The average molecular weight is 356 g/mol. The zero-order chi connectivity index (χ0) is 16.7. The number of hydrogen-bond acceptors (Lipinski definition) is 3. The molecule has 0 saturated heterocycles. The molecule has 0 saturated carbocycles. The quantitative estimate of drug-likeness (QED) is 0.368. The van der Waals surface area contributed by atoms with Crippen molar-refractivity contribution >= 4 is 35.4 Å². The van der Waals surface area contributed by atoms with Gasteiger partial charge in [-0.1, -0.05) is 34.4 Å². The van der Waals surface area contributed by atoms with Crippen molar-refractivity contribution in [2.75, 3.05) is 0 Å². The van der Waals surface area contributed by atoms with Gasteiger partial charge in [0.05, 0.1) is 0 Å². The number of hydroxylamine groups is 1. The first-order valence-electron chi connectivity index (χ1n) is 6.42. The van der Waals surface area contributed by atoms with Crippen LogP contribution in [0, 0.1) is 5.82 Å². The summed E-state index contributed by atoms with van der Waals surface area (Å²) in [4.78, 5) is 9.13. The molecule has 0 heterocycles. The minimum atomic E-state index is -0.471. The molecule has 0 unspecified atom stereocenters. The molecule has 0 fully saturated rings.